The molecule has 6 nitrogen and oxygen atoms in total. The molecule has 12 unspecified atom stereocenters. The van der Waals surface area contributed by atoms with Gasteiger partial charge in [0.05, 0.1) is 58.0 Å². The van der Waals surface area contributed by atoms with E-state index in [-0.39, 0.29) is 19.6 Å². The van der Waals surface area contributed by atoms with Crippen LogP contribution in [0.5, 0.6) is 0 Å². The summed E-state index contributed by atoms with van der Waals surface area (Å²) in [6, 6.07) is 52.9. The zero-order valence-corrected chi connectivity index (χ0v) is 59.8. The van der Waals surface area contributed by atoms with E-state index in [0.29, 0.717) is 42.5 Å². The lowest BCUT2D eigenvalue weighted by Crippen LogP contribution is -2.19. The number of fused-ring (bicyclic) bond motifs is 18. The molecule has 0 saturated carbocycles. The molecule has 0 radical (unpaired) electrons. The quantitative estimate of drug-likeness (QED) is 0.160. The maximum Gasteiger partial charge on any atom is 0.106 e. The molecular weight excluding hydrogens is 1180 g/mol. The minimum atomic E-state index is 0. The molecule has 6 aromatic rings. The molecule has 6 fully saturated rings. The van der Waals surface area contributed by atoms with E-state index in [9.17, 15) is 0 Å². The molecule has 12 bridgehead atoms. The second kappa shape index (κ2) is 41.8. The maximum atomic E-state index is 5.83. The third-order valence-electron chi connectivity index (χ3n) is 18.8. The van der Waals surface area contributed by atoms with E-state index in [1.165, 1.54) is 113 Å². The van der Waals surface area contributed by atoms with Gasteiger partial charge in [-0.05, 0) is 135 Å². The molecule has 9 heteroatoms. The van der Waals surface area contributed by atoms with Crippen LogP contribution in [0.15, 0.2) is 146 Å². The molecule has 15 aliphatic heterocycles. The first kappa shape index (κ1) is 76.2. The van der Waals surface area contributed by atoms with Gasteiger partial charge in [-0.3, -0.25) is 0 Å². The van der Waals surface area contributed by atoms with E-state index in [0.717, 1.165) is 75.5 Å². The van der Waals surface area contributed by atoms with Gasteiger partial charge < -0.3 is 29.0 Å². The van der Waals surface area contributed by atoms with Gasteiger partial charge in [0.1, 0.15) is 6.10 Å². The summed E-state index contributed by atoms with van der Waals surface area (Å²) in [6.45, 7) is 31.1. The summed E-state index contributed by atoms with van der Waals surface area (Å²) in [5, 5.41) is 3.43. The van der Waals surface area contributed by atoms with Gasteiger partial charge in [0, 0.05) is 71.3 Å². The third kappa shape index (κ3) is 19.7. The highest BCUT2D eigenvalue weighted by Crippen LogP contribution is 2.48. The van der Waals surface area contributed by atoms with E-state index in [1.807, 2.05) is 94.8 Å². The van der Waals surface area contributed by atoms with Crippen LogP contribution in [0.25, 0.3) is 0 Å². The van der Waals surface area contributed by atoms with Gasteiger partial charge >= 0.3 is 0 Å². The topological polar surface area (TPSA) is 58.2 Å². The summed E-state index contributed by atoms with van der Waals surface area (Å²) in [6.07, 6.45) is 10.8. The molecule has 12 atom stereocenters. The molecule has 91 heavy (non-hydrogen) atoms. The van der Waals surface area contributed by atoms with Crippen molar-refractivity contribution in [1.29, 1.82) is 0 Å². The zero-order chi connectivity index (χ0) is 64.0. The molecule has 18 aliphatic rings. The Kier molecular flexibility index (Phi) is 35.0. The van der Waals surface area contributed by atoms with E-state index in [2.05, 4.69) is 174 Å². The summed E-state index contributed by atoms with van der Waals surface area (Å²) in [5.41, 5.74) is 18.2. The standard InChI is InChI=1S/C12H14O.2C12H14S.C11H13NO.C11H12O2.C11H12OS.6C2H6.CH4/c1-2-6-11-10(5-1)9-4-3-7-12(11)13-8-9;2*1-2-4-12-10-6-5-9(7-13-8-10)11(12)3-1;1-2-4-10-9(3-1)8-5-12-6-11(10)13-7-8;1-2-4-10-9(3-1)8-5-12-7-11(10)13-6-8;1-2-4-10-9(3-1)8-5-12-11(10)7-13-6-8;6*1-2;/h1-2,5-6,9,12H,3-4,7-8H2;2*1-4,9-10H,5-8H2;1-4,8,11-12H,5-7H2;2*1-4,8,11H,5-7H2;6*1-2H3;1H4. The minimum Gasteiger partial charge on any atom is -0.378 e. The van der Waals surface area contributed by atoms with Crippen LogP contribution in [0.4, 0.5) is 0 Å². The smallest absolute Gasteiger partial charge is 0.106 e. The van der Waals surface area contributed by atoms with Crippen molar-refractivity contribution in [3.63, 3.8) is 0 Å². The molecule has 3 aliphatic carbocycles. The van der Waals surface area contributed by atoms with Crippen LogP contribution in [0.2, 0.25) is 0 Å². The van der Waals surface area contributed by atoms with Crippen LogP contribution in [-0.2, 0) is 23.7 Å². The normalized spacial score (nSPS) is 27.0. The van der Waals surface area contributed by atoms with E-state index >= 15 is 0 Å². The van der Waals surface area contributed by atoms with E-state index in [1.54, 1.807) is 27.8 Å². The largest absolute Gasteiger partial charge is 0.378 e. The van der Waals surface area contributed by atoms with Crippen LogP contribution in [0, 0.1) is 0 Å². The Hall–Kier alpha value is -3.87. The lowest BCUT2D eigenvalue weighted by atomic mass is 9.78. The van der Waals surface area contributed by atoms with Crippen molar-refractivity contribution in [1.82, 2.24) is 5.32 Å². The Morgan fingerprint density at radius 2 is 0.571 bits per heavy atom. The van der Waals surface area contributed by atoms with Crippen LogP contribution in [0.3, 0.4) is 0 Å². The lowest BCUT2D eigenvalue weighted by Gasteiger charge is -2.27. The second-order valence-corrected chi connectivity index (χ2v) is 26.8. The minimum absolute atomic E-state index is 0. The Labute approximate surface area is 567 Å². The number of ether oxygens (including phenoxy) is 5. The first-order valence-electron chi connectivity index (χ1n) is 35.7. The first-order valence-corrected chi connectivity index (χ1v) is 39.2. The van der Waals surface area contributed by atoms with Crippen molar-refractivity contribution in [2.75, 3.05) is 87.2 Å². The Morgan fingerprint density at radius 3 is 1.05 bits per heavy atom. The van der Waals surface area contributed by atoms with Gasteiger partial charge in [-0.1, -0.05) is 236 Å². The predicted octanol–water partition coefficient (Wildman–Crippen LogP) is 22.5. The van der Waals surface area contributed by atoms with Gasteiger partial charge in [0.25, 0.3) is 0 Å². The fourth-order valence-electron chi connectivity index (χ4n) is 14.6. The van der Waals surface area contributed by atoms with Gasteiger partial charge in [0.2, 0.25) is 0 Å². The highest BCUT2D eigenvalue weighted by atomic mass is 32.2. The Balaban J connectivity index is 0.000000167. The molecule has 24 rings (SSSR count). The summed E-state index contributed by atoms with van der Waals surface area (Å²) in [7, 11) is 0. The predicted molar refractivity (Wildman–Crippen MR) is 398 cm³/mol. The molecule has 0 spiro atoms. The van der Waals surface area contributed by atoms with Crippen molar-refractivity contribution in [3.8, 4) is 0 Å². The number of hydrogen-bond acceptors (Lipinski definition) is 9. The number of nitrogens with one attached hydrogen (secondary N) is 1. The molecular formula is C82H119NO5S3. The van der Waals surface area contributed by atoms with Crippen molar-refractivity contribution in [2.45, 2.75) is 207 Å². The molecule has 6 saturated heterocycles. The van der Waals surface area contributed by atoms with Crippen molar-refractivity contribution < 1.29 is 23.7 Å². The van der Waals surface area contributed by atoms with Crippen LogP contribution >= 0.6 is 35.3 Å². The second-order valence-electron chi connectivity index (χ2n) is 23.5. The van der Waals surface area contributed by atoms with Gasteiger partial charge in [-0.15, -0.1) is 0 Å². The fourth-order valence-corrected chi connectivity index (χ4v) is 18.6. The number of rotatable bonds is 0. The SMILES string of the molecule is C.CC.CC.CC.CC.CC.CC.c1ccc2c(c1)C1CCC2CSC1.c1ccc2c(c1)C1CCC2CSC1.c1ccc2c(c1)C1CCCC2OC1.c1ccc2c(c1)C1CNCC2OC1.c1ccc2c(c1)C1COC2CSC1.c1ccc2c(c1)C1COCC2OC1. The third-order valence-corrected chi connectivity index (χ3v) is 22.5. The summed E-state index contributed by atoms with van der Waals surface area (Å²) < 4.78 is 28.6. The van der Waals surface area contributed by atoms with Crippen molar-refractivity contribution >= 4 is 35.3 Å². The lowest BCUT2D eigenvalue weighted by molar-refractivity contribution is 0.0194. The van der Waals surface area contributed by atoms with Gasteiger partial charge in [0.15, 0.2) is 0 Å². The van der Waals surface area contributed by atoms with E-state index in [4.69, 9.17) is 23.7 Å². The van der Waals surface area contributed by atoms with Crippen molar-refractivity contribution in [3.05, 3.63) is 212 Å². The van der Waals surface area contributed by atoms with Crippen LogP contribution in [-0.4, -0.2) is 87.2 Å². The molecule has 0 aromatic heterocycles. The highest BCUT2D eigenvalue weighted by Gasteiger charge is 2.36. The zero-order valence-electron chi connectivity index (χ0n) is 57.4. The summed E-state index contributed by atoms with van der Waals surface area (Å²) in [5.74, 6) is 13.6. The molecule has 6 aromatic carbocycles. The Morgan fingerprint density at radius 1 is 0.264 bits per heavy atom. The summed E-state index contributed by atoms with van der Waals surface area (Å²) >= 11 is 6.33. The van der Waals surface area contributed by atoms with Crippen LogP contribution < -0.4 is 5.32 Å². The monoisotopic (exact) mass is 1290 g/mol. The molecule has 500 valence electrons. The summed E-state index contributed by atoms with van der Waals surface area (Å²) in [4.78, 5) is 0. The maximum absolute atomic E-state index is 5.83. The molecule has 15 heterocycles. The molecule has 1 N–H and O–H groups in total. The molecule has 0 amide bonds. The van der Waals surface area contributed by atoms with Gasteiger partial charge in [-0.25, -0.2) is 0 Å². The fraction of sp³-hybridized carbons (Fsp3) is 0.561. The van der Waals surface area contributed by atoms with Crippen molar-refractivity contribution in [2.24, 2.45) is 0 Å². The average Bonchev–Trinajstić information content (AvgIpc) is 2.32. The first-order chi connectivity index (χ1) is 44.7. The average molecular weight is 1300 g/mol. The number of thioether (sulfide) groups is 3. The van der Waals surface area contributed by atoms with Crippen LogP contribution in [0.1, 0.15) is 274 Å². The Bertz CT molecular complexity index is 2230. The van der Waals surface area contributed by atoms with Gasteiger partial charge in [-0.2, -0.15) is 35.3 Å². The number of hydrogen-bond donors (Lipinski definition) is 1. The number of benzene rings is 6. The highest BCUT2D eigenvalue weighted by molar-refractivity contribution is 7.99. The van der Waals surface area contributed by atoms with E-state index < -0.39 is 0 Å².